The predicted molar refractivity (Wildman–Crippen MR) is 79.5 cm³/mol. The molecular formula is C15H14FN3O2. The summed E-state index contributed by atoms with van der Waals surface area (Å²) < 4.78 is 14.1. The fourth-order valence-electron chi connectivity index (χ4n) is 2.08. The van der Waals surface area contributed by atoms with Crippen LogP contribution in [0.25, 0.3) is 10.9 Å². The SMILES string of the molecule is C#CCCCCNc1c(F)cc([N+](=O)[O-])c2cccnc12. The Labute approximate surface area is 121 Å². The van der Waals surface area contributed by atoms with Crippen LogP contribution in [0.4, 0.5) is 15.8 Å². The van der Waals surface area contributed by atoms with Gasteiger partial charge in [0.1, 0.15) is 5.52 Å². The molecule has 2 rings (SSSR count). The van der Waals surface area contributed by atoms with Crippen molar-refractivity contribution in [1.82, 2.24) is 4.98 Å². The average molecular weight is 287 g/mol. The first-order chi connectivity index (χ1) is 10.1. The number of anilines is 1. The Balaban J connectivity index is 2.32. The molecule has 0 atom stereocenters. The van der Waals surface area contributed by atoms with Gasteiger partial charge in [-0.15, -0.1) is 12.3 Å². The molecule has 0 aliphatic rings. The molecule has 0 unspecified atom stereocenters. The highest BCUT2D eigenvalue weighted by Crippen LogP contribution is 2.32. The Morgan fingerprint density at radius 1 is 1.48 bits per heavy atom. The highest BCUT2D eigenvalue weighted by molar-refractivity contribution is 5.97. The molecule has 0 fully saturated rings. The number of nitrogens with zero attached hydrogens (tertiary/aromatic N) is 2. The number of rotatable bonds is 6. The van der Waals surface area contributed by atoms with E-state index in [0.29, 0.717) is 18.4 Å². The topological polar surface area (TPSA) is 68.1 Å². The van der Waals surface area contributed by atoms with E-state index in [1.165, 1.54) is 6.20 Å². The van der Waals surface area contributed by atoms with Gasteiger partial charge in [0.25, 0.3) is 5.69 Å². The minimum atomic E-state index is -0.676. The number of nitro benzene ring substituents is 1. The molecular weight excluding hydrogens is 273 g/mol. The first-order valence-corrected chi connectivity index (χ1v) is 6.54. The third-order valence-corrected chi connectivity index (χ3v) is 3.07. The summed E-state index contributed by atoms with van der Waals surface area (Å²) in [7, 11) is 0. The number of fused-ring (bicyclic) bond motifs is 1. The second-order valence-corrected chi connectivity index (χ2v) is 4.50. The third kappa shape index (κ3) is 3.26. The number of terminal acetylenes is 1. The molecule has 0 saturated carbocycles. The maximum atomic E-state index is 14.1. The number of aromatic nitrogens is 1. The number of pyridine rings is 1. The summed E-state index contributed by atoms with van der Waals surface area (Å²) in [4.78, 5) is 14.4. The summed E-state index contributed by atoms with van der Waals surface area (Å²) >= 11 is 0. The van der Waals surface area contributed by atoms with Gasteiger partial charge in [-0.3, -0.25) is 15.1 Å². The van der Waals surface area contributed by atoms with Crippen molar-refractivity contribution in [2.24, 2.45) is 0 Å². The van der Waals surface area contributed by atoms with E-state index in [1.807, 2.05) is 0 Å². The van der Waals surface area contributed by atoms with Crippen LogP contribution in [0.3, 0.4) is 0 Å². The van der Waals surface area contributed by atoms with Gasteiger partial charge in [0.2, 0.25) is 0 Å². The van der Waals surface area contributed by atoms with E-state index in [0.717, 1.165) is 18.9 Å². The zero-order valence-electron chi connectivity index (χ0n) is 11.3. The lowest BCUT2D eigenvalue weighted by Gasteiger charge is -2.10. The molecule has 1 heterocycles. The monoisotopic (exact) mass is 287 g/mol. The smallest absolute Gasteiger partial charge is 0.281 e. The molecule has 21 heavy (non-hydrogen) atoms. The third-order valence-electron chi connectivity index (χ3n) is 3.07. The summed E-state index contributed by atoms with van der Waals surface area (Å²) in [5, 5.41) is 14.2. The lowest BCUT2D eigenvalue weighted by molar-refractivity contribution is -0.383. The summed E-state index contributed by atoms with van der Waals surface area (Å²) in [5.41, 5.74) is 0.173. The molecule has 0 amide bonds. The lowest BCUT2D eigenvalue weighted by Crippen LogP contribution is -2.06. The van der Waals surface area contributed by atoms with Crippen LogP contribution in [0.1, 0.15) is 19.3 Å². The van der Waals surface area contributed by atoms with Gasteiger partial charge in [-0.05, 0) is 25.0 Å². The molecule has 5 nitrogen and oxygen atoms in total. The van der Waals surface area contributed by atoms with Gasteiger partial charge < -0.3 is 5.32 Å². The van der Waals surface area contributed by atoms with Crippen LogP contribution in [0.15, 0.2) is 24.4 Å². The van der Waals surface area contributed by atoms with Crippen LogP contribution in [0.2, 0.25) is 0 Å². The van der Waals surface area contributed by atoms with E-state index < -0.39 is 10.7 Å². The molecule has 1 aromatic heterocycles. The van der Waals surface area contributed by atoms with Gasteiger partial charge >= 0.3 is 0 Å². The molecule has 0 bridgehead atoms. The number of nitro groups is 1. The van der Waals surface area contributed by atoms with Crippen molar-refractivity contribution in [3.05, 3.63) is 40.3 Å². The van der Waals surface area contributed by atoms with E-state index in [1.54, 1.807) is 12.1 Å². The molecule has 108 valence electrons. The molecule has 1 aromatic carbocycles. The first kappa shape index (κ1) is 14.7. The zero-order chi connectivity index (χ0) is 15.2. The molecule has 1 N–H and O–H groups in total. The van der Waals surface area contributed by atoms with Crippen molar-refractivity contribution in [3.63, 3.8) is 0 Å². The van der Waals surface area contributed by atoms with E-state index in [2.05, 4.69) is 16.2 Å². The first-order valence-electron chi connectivity index (χ1n) is 6.54. The number of hydrogen-bond donors (Lipinski definition) is 1. The highest BCUT2D eigenvalue weighted by Gasteiger charge is 2.19. The van der Waals surface area contributed by atoms with E-state index in [4.69, 9.17) is 6.42 Å². The van der Waals surface area contributed by atoms with Crippen LogP contribution in [-0.4, -0.2) is 16.5 Å². The molecule has 0 aliphatic carbocycles. The number of benzene rings is 1. The maximum Gasteiger partial charge on any atom is 0.281 e. The van der Waals surface area contributed by atoms with Crippen molar-refractivity contribution < 1.29 is 9.31 Å². The van der Waals surface area contributed by atoms with Crippen molar-refractivity contribution in [1.29, 1.82) is 0 Å². The number of hydrogen-bond acceptors (Lipinski definition) is 4. The number of unbranched alkanes of at least 4 members (excludes halogenated alkanes) is 2. The molecule has 0 saturated heterocycles. The molecule has 0 radical (unpaired) electrons. The Morgan fingerprint density at radius 3 is 3.00 bits per heavy atom. The van der Waals surface area contributed by atoms with E-state index in [-0.39, 0.29) is 16.9 Å². The Bertz CT molecular complexity index is 710. The second kappa shape index (κ2) is 6.66. The Kier molecular flexibility index (Phi) is 4.67. The van der Waals surface area contributed by atoms with Gasteiger partial charge in [-0.25, -0.2) is 4.39 Å². The van der Waals surface area contributed by atoms with Gasteiger partial charge in [0.05, 0.1) is 22.1 Å². The number of nitrogens with one attached hydrogen (secondary N) is 1. The normalized spacial score (nSPS) is 10.3. The van der Waals surface area contributed by atoms with Crippen LogP contribution in [0, 0.1) is 28.3 Å². The Morgan fingerprint density at radius 2 is 2.29 bits per heavy atom. The largest absolute Gasteiger partial charge is 0.381 e. The quantitative estimate of drug-likeness (QED) is 0.382. The van der Waals surface area contributed by atoms with E-state index >= 15 is 0 Å². The molecule has 6 heteroatoms. The van der Waals surface area contributed by atoms with Crippen molar-refractivity contribution >= 4 is 22.3 Å². The van der Waals surface area contributed by atoms with Crippen molar-refractivity contribution in [2.45, 2.75) is 19.3 Å². The minimum absolute atomic E-state index is 0.192. The fraction of sp³-hybridized carbons (Fsp3) is 0.267. The summed E-state index contributed by atoms with van der Waals surface area (Å²) in [5.74, 6) is 1.86. The summed E-state index contributed by atoms with van der Waals surface area (Å²) in [6.45, 7) is 0.530. The minimum Gasteiger partial charge on any atom is -0.381 e. The maximum absolute atomic E-state index is 14.1. The molecule has 0 aliphatic heterocycles. The van der Waals surface area contributed by atoms with Gasteiger partial charge in [-0.1, -0.05) is 0 Å². The van der Waals surface area contributed by atoms with Crippen molar-refractivity contribution in [2.75, 3.05) is 11.9 Å². The summed E-state index contributed by atoms with van der Waals surface area (Å²) in [6, 6.07) is 4.07. The highest BCUT2D eigenvalue weighted by atomic mass is 19.1. The van der Waals surface area contributed by atoms with Gasteiger partial charge in [0, 0.05) is 19.2 Å². The second-order valence-electron chi connectivity index (χ2n) is 4.50. The van der Waals surface area contributed by atoms with Gasteiger partial charge in [0.15, 0.2) is 5.82 Å². The fourth-order valence-corrected chi connectivity index (χ4v) is 2.08. The van der Waals surface area contributed by atoms with Crippen LogP contribution >= 0.6 is 0 Å². The van der Waals surface area contributed by atoms with Gasteiger partial charge in [-0.2, -0.15) is 0 Å². The standard InChI is InChI=1S/C15H14FN3O2/c1-2-3-4-5-8-18-15-12(16)10-13(19(20)21)11-7-6-9-17-14(11)15/h1,6-7,9-10,18H,3-5,8H2. The van der Waals surface area contributed by atoms with E-state index in [9.17, 15) is 14.5 Å². The average Bonchev–Trinajstić information content (AvgIpc) is 2.48. The number of halogens is 1. The van der Waals surface area contributed by atoms with Crippen LogP contribution in [0.5, 0.6) is 0 Å². The Hall–Kier alpha value is -2.68. The summed E-state index contributed by atoms with van der Waals surface area (Å²) in [6.07, 6.45) is 8.94. The molecule has 2 aromatic rings. The lowest BCUT2D eigenvalue weighted by atomic mass is 10.1. The molecule has 0 spiro atoms. The zero-order valence-corrected chi connectivity index (χ0v) is 11.3. The van der Waals surface area contributed by atoms with Crippen LogP contribution in [-0.2, 0) is 0 Å². The van der Waals surface area contributed by atoms with Crippen LogP contribution < -0.4 is 5.32 Å². The number of non-ortho nitro benzene ring substituents is 1. The van der Waals surface area contributed by atoms with Crippen molar-refractivity contribution in [3.8, 4) is 12.3 Å². The predicted octanol–water partition coefficient (Wildman–Crippen LogP) is 3.50.